The average Bonchev–Trinajstić information content (AvgIpc) is 3.31. The number of phenols is 2. The molecule has 310 valence electrons. The summed E-state index contributed by atoms with van der Waals surface area (Å²) < 4.78 is 108. The Balaban J connectivity index is 0.000000493. The largest absolute Gasteiger partial charge is 0.795 e. The molecule has 2 N–H and O–H groups in total. The van der Waals surface area contributed by atoms with E-state index in [4.69, 9.17) is 0 Å². The van der Waals surface area contributed by atoms with Gasteiger partial charge in [-0.1, -0.05) is 0 Å². The first-order valence-corrected chi connectivity index (χ1v) is 19.2. The van der Waals surface area contributed by atoms with Crippen LogP contribution in [0.3, 0.4) is 0 Å². The normalized spacial score (nSPS) is 20.8. The SMILES string of the molecule is CC(C)(C)c1cc(C=[N+]2[Cr][N+](=Cc3cc(C(C)(C)C)cc(C(C)(C)C)c3O)[C@@H]3CCCC[C@H]32)c(O)c(C(C)(C)C)c1.[O-]C(F)(F)C(F)(C(F)(F)F)C(F)(F)F. The van der Waals surface area contributed by atoms with E-state index in [0.29, 0.717) is 23.6 Å². The van der Waals surface area contributed by atoms with Crippen LogP contribution in [0.2, 0.25) is 0 Å². The zero-order chi connectivity index (χ0) is 42.7. The Kier molecular flexibility index (Phi) is 12.9. The molecule has 0 radical (unpaired) electrons. The molecule has 0 unspecified atom stereocenters. The van der Waals surface area contributed by atoms with Gasteiger partial charge in [0, 0.05) is 0 Å². The molecule has 2 aliphatic rings. The van der Waals surface area contributed by atoms with Crippen molar-refractivity contribution >= 4 is 12.4 Å². The topological polar surface area (TPSA) is 69.5 Å². The molecule has 1 aliphatic heterocycles. The van der Waals surface area contributed by atoms with E-state index in [1.807, 2.05) is 0 Å². The van der Waals surface area contributed by atoms with E-state index in [1.165, 1.54) is 24.0 Å². The van der Waals surface area contributed by atoms with Gasteiger partial charge >= 0.3 is 275 Å². The van der Waals surface area contributed by atoms with Crippen molar-refractivity contribution in [1.82, 2.24) is 0 Å². The van der Waals surface area contributed by atoms with Gasteiger partial charge < -0.3 is 5.11 Å². The van der Waals surface area contributed by atoms with Gasteiger partial charge in [-0.15, -0.1) is 0 Å². The summed E-state index contributed by atoms with van der Waals surface area (Å²) in [5.74, 6) is 0.808. The first kappa shape index (κ1) is 46.6. The van der Waals surface area contributed by atoms with Gasteiger partial charge in [0.2, 0.25) is 6.11 Å². The minimum Gasteiger partial charge on any atom is -0.795 e. The van der Waals surface area contributed by atoms with Crippen LogP contribution in [-0.2, 0) is 37.3 Å². The molecule has 1 aliphatic carbocycles. The Hall–Kier alpha value is -2.76. The third-order valence-electron chi connectivity index (χ3n) is 9.88. The first-order chi connectivity index (χ1) is 24.4. The number of fused-ring (bicyclic) bond motifs is 1. The van der Waals surface area contributed by atoms with Gasteiger partial charge in [-0.05, 0) is 0 Å². The van der Waals surface area contributed by atoms with Crippen LogP contribution in [0.1, 0.15) is 142 Å². The number of rotatable bonds is 3. The number of benzene rings is 2. The van der Waals surface area contributed by atoms with Crippen LogP contribution >= 0.6 is 0 Å². The van der Waals surface area contributed by atoms with Crippen molar-refractivity contribution in [3.05, 3.63) is 57.6 Å². The first-order valence-electron chi connectivity index (χ1n) is 18.0. The molecule has 55 heavy (non-hydrogen) atoms. The van der Waals surface area contributed by atoms with Gasteiger partial charge in [0.15, 0.2) is 0 Å². The number of hydrogen-bond donors (Lipinski definition) is 2. The van der Waals surface area contributed by atoms with E-state index in [0.717, 1.165) is 35.1 Å². The molecule has 5 nitrogen and oxygen atoms in total. The van der Waals surface area contributed by atoms with E-state index in [1.54, 1.807) is 0 Å². The maximum atomic E-state index is 12.0. The predicted molar refractivity (Wildman–Crippen MR) is 189 cm³/mol. The second kappa shape index (κ2) is 15.2. The molecule has 1 saturated carbocycles. The molecule has 4 rings (SSSR count). The summed E-state index contributed by atoms with van der Waals surface area (Å²) in [6.07, 6.45) is -11.7. The summed E-state index contributed by atoms with van der Waals surface area (Å²) in [5.41, 5.74) is -1.07. The molecule has 2 aromatic carbocycles. The Labute approximate surface area is 325 Å². The van der Waals surface area contributed by atoms with E-state index < -0.39 is 24.1 Å². The van der Waals surface area contributed by atoms with Gasteiger partial charge in [0.25, 0.3) is 0 Å². The molecule has 0 amide bonds. The maximum absolute atomic E-state index is 12.0. The van der Waals surface area contributed by atoms with Crippen molar-refractivity contribution in [1.29, 1.82) is 0 Å². The maximum Gasteiger partial charge on any atom is 0.436 e. The molecule has 0 aromatic heterocycles. The fraction of sp³-hybridized carbons (Fsp3) is 0.650. The van der Waals surface area contributed by atoms with E-state index in [9.17, 15) is 54.8 Å². The van der Waals surface area contributed by atoms with Crippen molar-refractivity contribution in [2.24, 2.45) is 0 Å². The second-order valence-electron chi connectivity index (χ2n) is 18.6. The van der Waals surface area contributed by atoms with Crippen LogP contribution in [0.25, 0.3) is 0 Å². The number of nitrogens with zero attached hydrogens (tertiary/aromatic N) is 2. The van der Waals surface area contributed by atoms with E-state index in [-0.39, 0.29) is 37.3 Å². The molecule has 15 heteroatoms. The Bertz CT molecular complexity index is 1640. The Morgan fingerprint density at radius 3 is 1.09 bits per heavy atom. The monoisotopic (exact) mass is 833 g/mol. The van der Waals surface area contributed by atoms with Crippen molar-refractivity contribution in [2.45, 2.75) is 167 Å². The van der Waals surface area contributed by atoms with Gasteiger partial charge in [-0.3, -0.25) is 0 Å². The molecule has 0 bridgehead atoms. The van der Waals surface area contributed by atoms with Crippen molar-refractivity contribution in [2.75, 3.05) is 0 Å². The van der Waals surface area contributed by atoms with Crippen molar-refractivity contribution in [3.63, 3.8) is 0 Å². The third-order valence-corrected chi connectivity index (χ3v) is 11.6. The van der Waals surface area contributed by atoms with E-state index >= 15 is 0 Å². The minimum absolute atomic E-state index is 0.0117. The van der Waals surface area contributed by atoms with Gasteiger partial charge in [0.05, 0.1) is 0 Å². The smallest absolute Gasteiger partial charge is 0.436 e. The van der Waals surface area contributed by atoms with Crippen LogP contribution in [0, 0.1) is 0 Å². The molecule has 2 aromatic rings. The van der Waals surface area contributed by atoms with Gasteiger partial charge in [-0.2, -0.15) is 26.3 Å². The summed E-state index contributed by atoms with van der Waals surface area (Å²) in [5, 5.41) is 32.3. The zero-order valence-electron chi connectivity index (χ0n) is 33.5. The van der Waals surface area contributed by atoms with Crippen molar-refractivity contribution in [3.8, 4) is 11.5 Å². The number of phenolic OH excluding ortho intramolecular Hbond substituents is 2. The summed E-state index contributed by atoms with van der Waals surface area (Å²) in [6, 6.07) is 9.60. The molecule has 1 saturated heterocycles. The van der Waals surface area contributed by atoms with Crippen LogP contribution in [0.4, 0.5) is 39.5 Å². The van der Waals surface area contributed by atoms with Crippen molar-refractivity contribution < 1.29 is 77.6 Å². The number of aromatic hydroxyl groups is 2. The number of hydrogen-bond acceptors (Lipinski definition) is 3. The Morgan fingerprint density at radius 1 is 0.564 bits per heavy atom. The minimum atomic E-state index is -7.08. The quantitative estimate of drug-likeness (QED) is 0.303. The third kappa shape index (κ3) is 10.0. The molecule has 1 heterocycles. The summed E-state index contributed by atoms with van der Waals surface area (Å²) in [7, 11) is 0. The van der Waals surface area contributed by atoms with Crippen LogP contribution in [0.5, 0.6) is 11.5 Å². The predicted octanol–water partition coefficient (Wildman–Crippen LogP) is 9.86. The fourth-order valence-electron chi connectivity index (χ4n) is 6.44. The number of alkyl halides is 9. The van der Waals surface area contributed by atoms with Crippen LogP contribution in [-0.4, -0.2) is 66.0 Å². The van der Waals surface area contributed by atoms with E-state index in [2.05, 4.69) is 127 Å². The van der Waals surface area contributed by atoms with Gasteiger partial charge in [0.1, 0.15) is 0 Å². The summed E-state index contributed by atoms with van der Waals surface area (Å²) in [6.45, 7) is 26.5. The molecule has 2 atom stereocenters. The summed E-state index contributed by atoms with van der Waals surface area (Å²) >= 11 is 0.0117. The molecule has 2 fully saturated rings. The fourth-order valence-corrected chi connectivity index (χ4v) is 8.43. The zero-order valence-corrected chi connectivity index (χ0v) is 34.7. The van der Waals surface area contributed by atoms with Crippen LogP contribution in [0.15, 0.2) is 24.3 Å². The summed E-state index contributed by atoms with van der Waals surface area (Å²) in [4.78, 5) is 0. The Morgan fingerprint density at radius 2 is 0.873 bits per heavy atom. The molecular weight excluding hydrogens is 779 g/mol. The van der Waals surface area contributed by atoms with Crippen LogP contribution < -0.4 is 5.11 Å². The van der Waals surface area contributed by atoms with Gasteiger partial charge in [-0.25, -0.2) is 13.2 Å². The molecule has 0 spiro atoms. The molecular formula is C40H54CrF9N2O3+. The number of halogens is 9. The standard InChI is InChI=1S/C36H54N2O2.C4F9O.Cr/c1-33(2,3)25-17-23(31(39)27(19-25)35(7,8)9)21-37-29-15-13-14-16-30(29)38-22-24-18-26(34(4,5)6)20-28(32(24)40)36(10,11)12;5-1(2(6,7)8,3(9,10)11)4(12,13)14;/h17-22,29-30,39-40H,13-16H2,1-12H3;;/q;-1;+2/t29-,30-;;/m1../s1. The average molecular weight is 834 g/mol. The second-order valence-corrected chi connectivity index (χ2v) is 20.1.